The zero-order chi connectivity index (χ0) is 15.2. The summed E-state index contributed by atoms with van der Waals surface area (Å²) in [6, 6.07) is 12.1. The van der Waals surface area contributed by atoms with Gasteiger partial charge in [-0.05, 0) is 30.2 Å². The standard InChI is InChI=1S/C16H18N2O3/c1-12(15(19)14-7-9-17-10-8-14)18(16(20)21)11-13-5-3-2-4-6-13/h2-10,12,15,19H,11H2,1H3,(H,20,21)/t12-,15-/m0/s1. The van der Waals surface area contributed by atoms with Gasteiger partial charge in [0, 0.05) is 18.9 Å². The molecule has 0 saturated heterocycles. The molecule has 0 bridgehead atoms. The molecule has 1 aromatic carbocycles. The first-order valence-electron chi connectivity index (χ1n) is 6.71. The summed E-state index contributed by atoms with van der Waals surface area (Å²) in [6.45, 7) is 1.93. The lowest BCUT2D eigenvalue weighted by Crippen LogP contribution is -2.40. The number of amides is 1. The number of carboxylic acid groups (broad SMARTS) is 1. The van der Waals surface area contributed by atoms with Crippen molar-refractivity contribution < 1.29 is 15.0 Å². The highest BCUT2D eigenvalue weighted by atomic mass is 16.4. The number of carbonyl (C=O) groups is 1. The van der Waals surface area contributed by atoms with E-state index in [9.17, 15) is 15.0 Å². The molecular formula is C16H18N2O3. The van der Waals surface area contributed by atoms with Gasteiger partial charge in [0.15, 0.2) is 0 Å². The summed E-state index contributed by atoms with van der Waals surface area (Å²) in [5, 5.41) is 19.8. The molecule has 2 rings (SSSR count). The fraction of sp³-hybridized carbons (Fsp3) is 0.250. The molecule has 0 unspecified atom stereocenters. The second kappa shape index (κ2) is 6.85. The third-order valence-electron chi connectivity index (χ3n) is 3.44. The zero-order valence-electron chi connectivity index (χ0n) is 11.8. The lowest BCUT2D eigenvalue weighted by molar-refractivity contribution is 0.0517. The van der Waals surface area contributed by atoms with E-state index in [1.54, 1.807) is 31.5 Å². The average Bonchev–Trinajstić information content (AvgIpc) is 2.53. The van der Waals surface area contributed by atoms with Crippen LogP contribution in [0.15, 0.2) is 54.9 Å². The minimum atomic E-state index is -1.06. The Morgan fingerprint density at radius 3 is 2.38 bits per heavy atom. The van der Waals surface area contributed by atoms with Crippen molar-refractivity contribution in [3.05, 3.63) is 66.0 Å². The molecule has 2 N–H and O–H groups in total. The van der Waals surface area contributed by atoms with Gasteiger partial charge in [-0.3, -0.25) is 9.88 Å². The van der Waals surface area contributed by atoms with Crippen LogP contribution < -0.4 is 0 Å². The highest BCUT2D eigenvalue weighted by Gasteiger charge is 2.26. The Hall–Kier alpha value is -2.40. The second-order valence-electron chi connectivity index (χ2n) is 4.86. The number of aliphatic hydroxyl groups is 1. The highest BCUT2D eigenvalue weighted by Crippen LogP contribution is 2.22. The number of rotatable bonds is 5. The fourth-order valence-corrected chi connectivity index (χ4v) is 2.18. The maximum atomic E-state index is 11.5. The molecule has 5 heteroatoms. The lowest BCUT2D eigenvalue weighted by atomic mass is 10.0. The normalized spacial score (nSPS) is 13.4. The molecule has 0 fully saturated rings. The van der Waals surface area contributed by atoms with Crippen LogP contribution in [0, 0.1) is 0 Å². The van der Waals surface area contributed by atoms with Gasteiger partial charge in [0.2, 0.25) is 0 Å². The van der Waals surface area contributed by atoms with Crippen LogP contribution in [0.5, 0.6) is 0 Å². The molecular weight excluding hydrogens is 268 g/mol. The van der Waals surface area contributed by atoms with E-state index in [-0.39, 0.29) is 6.54 Å². The summed E-state index contributed by atoms with van der Waals surface area (Å²) < 4.78 is 0. The van der Waals surface area contributed by atoms with Crippen LogP contribution in [0.3, 0.4) is 0 Å². The molecule has 0 aliphatic heterocycles. The van der Waals surface area contributed by atoms with Gasteiger partial charge in [0.25, 0.3) is 0 Å². The van der Waals surface area contributed by atoms with E-state index in [4.69, 9.17) is 0 Å². The number of hydrogen-bond donors (Lipinski definition) is 2. The van der Waals surface area contributed by atoms with E-state index in [0.717, 1.165) is 5.56 Å². The van der Waals surface area contributed by atoms with Crippen molar-refractivity contribution >= 4 is 6.09 Å². The maximum absolute atomic E-state index is 11.5. The molecule has 0 spiro atoms. The van der Waals surface area contributed by atoms with Crippen molar-refractivity contribution in [2.24, 2.45) is 0 Å². The van der Waals surface area contributed by atoms with Crippen LogP contribution in [-0.4, -0.2) is 32.2 Å². The predicted molar refractivity (Wildman–Crippen MR) is 78.7 cm³/mol. The molecule has 5 nitrogen and oxygen atoms in total. The maximum Gasteiger partial charge on any atom is 0.407 e. The third kappa shape index (κ3) is 3.79. The summed E-state index contributed by atoms with van der Waals surface area (Å²) in [5.74, 6) is 0. The Kier molecular flexibility index (Phi) is 4.90. The molecule has 0 radical (unpaired) electrons. The van der Waals surface area contributed by atoms with Crippen LogP contribution in [0.4, 0.5) is 4.79 Å². The van der Waals surface area contributed by atoms with Gasteiger partial charge in [-0.1, -0.05) is 30.3 Å². The molecule has 2 aromatic rings. The molecule has 1 heterocycles. The number of pyridine rings is 1. The number of hydrogen-bond acceptors (Lipinski definition) is 3. The smallest absolute Gasteiger partial charge is 0.407 e. The zero-order valence-corrected chi connectivity index (χ0v) is 11.8. The van der Waals surface area contributed by atoms with E-state index in [1.807, 2.05) is 30.3 Å². The SMILES string of the molecule is C[C@@H]([C@H](O)c1ccncc1)N(Cc1ccccc1)C(=O)O. The summed E-state index contributed by atoms with van der Waals surface area (Å²) in [7, 11) is 0. The second-order valence-corrected chi connectivity index (χ2v) is 4.86. The van der Waals surface area contributed by atoms with Crippen molar-refractivity contribution in [2.45, 2.75) is 25.6 Å². The first-order chi connectivity index (χ1) is 10.1. The van der Waals surface area contributed by atoms with Gasteiger partial charge in [0.1, 0.15) is 0 Å². The number of nitrogens with zero attached hydrogens (tertiary/aromatic N) is 2. The quantitative estimate of drug-likeness (QED) is 0.886. The minimum Gasteiger partial charge on any atom is -0.465 e. The van der Waals surface area contributed by atoms with Crippen molar-refractivity contribution in [3.63, 3.8) is 0 Å². The number of aromatic nitrogens is 1. The fourth-order valence-electron chi connectivity index (χ4n) is 2.18. The number of aliphatic hydroxyl groups excluding tert-OH is 1. The summed E-state index contributed by atoms with van der Waals surface area (Å²) in [6.07, 6.45) is 1.20. The molecule has 1 aromatic heterocycles. The minimum absolute atomic E-state index is 0.236. The Balaban J connectivity index is 2.16. The van der Waals surface area contributed by atoms with E-state index in [0.29, 0.717) is 5.56 Å². The van der Waals surface area contributed by atoms with E-state index < -0.39 is 18.2 Å². The summed E-state index contributed by atoms with van der Waals surface area (Å²) in [4.78, 5) is 16.6. The van der Waals surface area contributed by atoms with Crippen molar-refractivity contribution in [3.8, 4) is 0 Å². The van der Waals surface area contributed by atoms with Crippen LogP contribution in [0.25, 0.3) is 0 Å². The van der Waals surface area contributed by atoms with Gasteiger partial charge in [-0.15, -0.1) is 0 Å². The monoisotopic (exact) mass is 286 g/mol. The largest absolute Gasteiger partial charge is 0.465 e. The molecule has 1 amide bonds. The molecule has 0 aliphatic carbocycles. The predicted octanol–water partition coefficient (Wildman–Crippen LogP) is 2.68. The van der Waals surface area contributed by atoms with E-state index >= 15 is 0 Å². The van der Waals surface area contributed by atoms with Gasteiger partial charge < -0.3 is 10.2 Å². The molecule has 0 aliphatic rings. The molecule has 2 atom stereocenters. The highest BCUT2D eigenvalue weighted by molar-refractivity contribution is 5.65. The Morgan fingerprint density at radius 2 is 1.81 bits per heavy atom. The van der Waals surface area contributed by atoms with E-state index in [2.05, 4.69) is 4.98 Å². The average molecular weight is 286 g/mol. The van der Waals surface area contributed by atoms with Crippen LogP contribution in [-0.2, 0) is 6.54 Å². The van der Waals surface area contributed by atoms with Crippen molar-refractivity contribution in [1.29, 1.82) is 0 Å². The summed E-state index contributed by atoms with van der Waals surface area (Å²) >= 11 is 0. The van der Waals surface area contributed by atoms with E-state index in [1.165, 1.54) is 4.90 Å². The first-order valence-corrected chi connectivity index (χ1v) is 6.71. The summed E-state index contributed by atoms with van der Waals surface area (Å²) in [5.41, 5.74) is 1.53. The first kappa shape index (κ1) is 15.0. The number of benzene rings is 1. The Labute approximate surface area is 123 Å². The molecule has 110 valence electrons. The van der Waals surface area contributed by atoms with Crippen molar-refractivity contribution in [2.75, 3.05) is 0 Å². The molecule has 21 heavy (non-hydrogen) atoms. The third-order valence-corrected chi connectivity index (χ3v) is 3.44. The molecule has 0 saturated carbocycles. The Bertz CT molecular complexity index is 575. The van der Waals surface area contributed by atoms with Gasteiger partial charge in [-0.25, -0.2) is 4.79 Å². The van der Waals surface area contributed by atoms with Gasteiger partial charge in [0.05, 0.1) is 12.1 Å². The van der Waals surface area contributed by atoms with Crippen LogP contribution in [0.2, 0.25) is 0 Å². The lowest BCUT2D eigenvalue weighted by Gasteiger charge is -2.30. The Morgan fingerprint density at radius 1 is 1.19 bits per heavy atom. The van der Waals surface area contributed by atoms with Gasteiger partial charge in [-0.2, -0.15) is 0 Å². The van der Waals surface area contributed by atoms with Gasteiger partial charge >= 0.3 is 6.09 Å². The topological polar surface area (TPSA) is 73.7 Å². The van der Waals surface area contributed by atoms with Crippen molar-refractivity contribution in [1.82, 2.24) is 9.88 Å². The van der Waals surface area contributed by atoms with Crippen LogP contribution in [0.1, 0.15) is 24.2 Å². The van der Waals surface area contributed by atoms with Crippen LogP contribution >= 0.6 is 0 Å².